The second-order valence-electron chi connectivity index (χ2n) is 1.39. The highest BCUT2D eigenvalue weighted by atomic mass is 35.5. The summed E-state index contributed by atoms with van der Waals surface area (Å²) in [6, 6.07) is 1.55. The van der Waals surface area contributed by atoms with Crippen LogP contribution in [0.3, 0.4) is 0 Å². The van der Waals surface area contributed by atoms with Gasteiger partial charge in [0.2, 0.25) is 0 Å². The van der Waals surface area contributed by atoms with Gasteiger partial charge in [0.25, 0.3) is 0 Å². The van der Waals surface area contributed by atoms with Gasteiger partial charge in [0, 0.05) is 6.07 Å². The van der Waals surface area contributed by atoms with Crippen LogP contribution in [0.1, 0.15) is 0 Å². The molecule has 0 saturated heterocycles. The second kappa shape index (κ2) is 5.00. The molecule has 1 rings (SSSR count). The maximum atomic E-state index is 9.90. The lowest BCUT2D eigenvalue weighted by Crippen LogP contribution is -3.00. The molecule has 0 amide bonds. The standard InChI is InChI=1S/C4H4N2O3S.ClH/c7-10(8)9-6-3-1-2-5-4-6;/h1-4H;1H/p-1. The summed E-state index contributed by atoms with van der Waals surface area (Å²) < 4.78 is 25.0. The third-order valence-corrected chi connectivity index (χ3v) is 1.03. The lowest BCUT2D eigenvalue weighted by molar-refractivity contribution is -0.858. The van der Waals surface area contributed by atoms with Crippen LogP contribution in [0.2, 0.25) is 0 Å². The SMILES string of the molecule is O=S([O-])O[n+]1cccnc1.[Cl-]. The monoisotopic (exact) mass is 195 g/mol. The first-order valence-electron chi connectivity index (χ1n) is 2.38. The third-order valence-electron chi connectivity index (χ3n) is 0.733. The molecule has 7 heteroatoms. The summed E-state index contributed by atoms with van der Waals surface area (Å²) in [5.41, 5.74) is 0. The van der Waals surface area contributed by atoms with E-state index in [2.05, 4.69) is 9.27 Å². The van der Waals surface area contributed by atoms with Crippen molar-refractivity contribution < 1.29 is 30.2 Å². The Hall–Kier alpha value is -0.720. The molecule has 0 bridgehead atoms. The van der Waals surface area contributed by atoms with E-state index < -0.39 is 11.4 Å². The molecule has 0 saturated carbocycles. The largest absolute Gasteiger partial charge is 1.00 e. The fourth-order valence-electron chi connectivity index (χ4n) is 0.430. The van der Waals surface area contributed by atoms with Crippen molar-refractivity contribution in [1.29, 1.82) is 0 Å². The average Bonchev–Trinajstić information content (AvgIpc) is 1.88. The highest BCUT2D eigenvalue weighted by Gasteiger charge is 1.93. The summed E-state index contributed by atoms with van der Waals surface area (Å²) in [6.45, 7) is 0. The van der Waals surface area contributed by atoms with Crippen LogP contribution >= 0.6 is 0 Å². The van der Waals surface area contributed by atoms with Crippen LogP contribution in [0.25, 0.3) is 0 Å². The summed E-state index contributed by atoms with van der Waals surface area (Å²) in [6.07, 6.45) is 4.16. The maximum Gasteiger partial charge on any atom is 0.326 e. The number of halogens is 1. The minimum atomic E-state index is -2.54. The highest BCUT2D eigenvalue weighted by Crippen LogP contribution is 1.69. The average molecular weight is 196 g/mol. The molecule has 1 aromatic heterocycles. The Kier molecular flexibility index (Phi) is 4.67. The molecule has 0 fully saturated rings. The van der Waals surface area contributed by atoms with Gasteiger partial charge in [0.1, 0.15) is 12.4 Å². The molecular formula is C4H4ClN2O3S-. The van der Waals surface area contributed by atoms with Crippen molar-refractivity contribution in [1.82, 2.24) is 4.98 Å². The number of hydrogen-bond donors (Lipinski definition) is 0. The molecule has 0 aliphatic rings. The summed E-state index contributed by atoms with van der Waals surface area (Å²) in [5, 5.41) is 0. The number of aromatic nitrogens is 2. The fraction of sp³-hybridized carbons (Fsp3) is 0. The van der Waals surface area contributed by atoms with E-state index in [1.807, 2.05) is 0 Å². The number of hydrogen-bond acceptors (Lipinski definition) is 4. The van der Waals surface area contributed by atoms with E-state index in [4.69, 9.17) is 0 Å². The minimum absolute atomic E-state index is 0. The van der Waals surface area contributed by atoms with Crippen LogP contribution in [0, 0.1) is 0 Å². The van der Waals surface area contributed by atoms with Crippen LogP contribution in [0.4, 0.5) is 0 Å². The molecule has 1 atom stereocenters. The Morgan fingerprint density at radius 3 is 2.82 bits per heavy atom. The van der Waals surface area contributed by atoms with Crippen LogP contribution in [0.5, 0.6) is 0 Å². The lowest BCUT2D eigenvalue weighted by Gasteiger charge is -1.99. The Balaban J connectivity index is 0.000001000. The van der Waals surface area contributed by atoms with Crippen LogP contribution < -0.4 is 21.4 Å². The van der Waals surface area contributed by atoms with E-state index in [0.717, 1.165) is 4.73 Å². The van der Waals surface area contributed by atoms with Crippen LogP contribution in [-0.2, 0) is 11.4 Å². The number of rotatable bonds is 2. The molecule has 5 nitrogen and oxygen atoms in total. The zero-order valence-corrected chi connectivity index (χ0v) is 6.79. The summed E-state index contributed by atoms with van der Waals surface area (Å²) in [7, 11) is 0. The van der Waals surface area contributed by atoms with E-state index in [1.54, 1.807) is 6.07 Å². The van der Waals surface area contributed by atoms with Gasteiger partial charge in [0.15, 0.2) is 11.4 Å². The van der Waals surface area contributed by atoms with E-state index in [1.165, 1.54) is 18.7 Å². The minimum Gasteiger partial charge on any atom is -1.00 e. The van der Waals surface area contributed by atoms with Crippen LogP contribution in [0.15, 0.2) is 24.8 Å². The van der Waals surface area contributed by atoms with E-state index in [-0.39, 0.29) is 12.4 Å². The quantitative estimate of drug-likeness (QED) is 0.353. The molecule has 0 N–H and O–H groups in total. The van der Waals surface area contributed by atoms with Gasteiger partial charge in [-0.2, -0.15) is 0 Å². The normalized spacial score (nSPS) is 11.4. The van der Waals surface area contributed by atoms with Gasteiger partial charge in [-0.05, 0) is 4.73 Å². The van der Waals surface area contributed by atoms with Crippen molar-refractivity contribution in [3.05, 3.63) is 24.8 Å². The molecule has 11 heavy (non-hydrogen) atoms. The Labute approximate surface area is 71.9 Å². The second-order valence-corrected chi connectivity index (χ2v) is 1.95. The first-order valence-corrected chi connectivity index (χ1v) is 3.38. The molecular weight excluding hydrogens is 192 g/mol. The van der Waals surface area contributed by atoms with Gasteiger partial charge in [-0.1, -0.05) is 4.98 Å². The van der Waals surface area contributed by atoms with E-state index >= 15 is 0 Å². The lowest BCUT2D eigenvalue weighted by atomic mass is 10.7. The zero-order valence-electron chi connectivity index (χ0n) is 5.21. The predicted octanol–water partition coefficient (Wildman–Crippen LogP) is -4.40. The molecule has 0 spiro atoms. The van der Waals surface area contributed by atoms with Crippen molar-refractivity contribution in [3.63, 3.8) is 0 Å². The molecule has 0 radical (unpaired) electrons. The summed E-state index contributed by atoms with van der Waals surface area (Å²) >= 11 is -2.54. The van der Waals surface area contributed by atoms with Gasteiger partial charge in [-0.3, -0.25) is 0 Å². The van der Waals surface area contributed by atoms with E-state index in [9.17, 15) is 8.76 Å². The van der Waals surface area contributed by atoms with E-state index in [0.29, 0.717) is 0 Å². The molecule has 0 aliphatic carbocycles. The van der Waals surface area contributed by atoms with Gasteiger partial charge in [-0.25, -0.2) is 8.49 Å². The molecule has 1 heterocycles. The number of nitrogens with zero attached hydrogens (tertiary/aromatic N) is 2. The highest BCUT2D eigenvalue weighted by molar-refractivity contribution is 7.74. The first kappa shape index (κ1) is 10.3. The maximum absolute atomic E-state index is 9.90. The fourth-order valence-corrected chi connectivity index (χ4v) is 0.659. The van der Waals surface area contributed by atoms with Gasteiger partial charge in [-0.15, -0.1) is 0 Å². The molecule has 0 aromatic carbocycles. The summed E-state index contributed by atoms with van der Waals surface area (Å²) in [5.74, 6) is 0. The molecule has 1 unspecified atom stereocenters. The van der Waals surface area contributed by atoms with Gasteiger partial charge >= 0.3 is 6.33 Å². The Morgan fingerprint density at radius 2 is 2.36 bits per heavy atom. The molecule has 1 aromatic rings. The molecule has 62 valence electrons. The Morgan fingerprint density at radius 1 is 1.64 bits per heavy atom. The first-order chi connectivity index (χ1) is 4.79. The van der Waals surface area contributed by atoms with Gasteiger partial charge < -0.3 is 17.0 Å². The van der Waals surface area contributed by atoms with Crippen molar-refractivity contribution in [3.8, 4) is 0 Å². The zero-order chi connectivity index (χ0) is 7.40. The Bertz CT molecular complexity index is 232. The predicted molar refractivity (Wildman–Crippen MR) is 29.9 cm³/mol. The molecule has 0 aliphatic heterocycles. The third kappa shape index (κ3) is 3.87. The van der Waals surface area contributed by atoms with Crippen LogP contribution in [-0.4, -0.2) is 13.7 Å². The van der Waals surface area contributed by atoms with Crippen molar-refractivity contribution in [2.24, 2.45) is 0 Å². The topological polar surface area (TPSA) is 66.1 Å². The van der Waals surface area contributed by atoms with Crippen molar-refractivity contribution in [2.75, 3.05) is 0 Å². The van der Waals surface area contributed by atoms with Crippen molar-refractivity contribution >= 4 is 11.4 Å². The van der Waals surface area contributed by atoms with Crippen molar-refractivity contribution in [2.45, 2.75) is 0 Å². The summed E-state index contributed by atoms with van der Waals surface area (Å²) in [4.78, 5) is 3.60. The van der Waals surface area contributed by atoms with Gasteiger partial charge in [0.05, 0.1) is 0 Å². The smallest absolute Gasteiger partial charge is 0.326 e.